The van der Waals surface area contributed by atoms with Crippen LogP contribution in [0.4, 0.5) is 11.4 Å². The third-order valence-corrected chi connectivity index (χ3v) is 4.03. The van der Waals surface area contributed by atoms with Gasteiger partial charge in [0, 0.05) is 29.4 Å². The molecule has 0 atom stereocenters. The average Bonchev–Trinajstić information content (AvgIpc) is 2.98. The van der Waals surface area contributed by atoms with Crippen molar-refractivity contribution < 1.29 is 9.59 Å². The molecular weight excluding hydrogens is 288 g/mol. The van der Waals surface area contributed by atoms with Gasteiger partial charge in [0.15, 0.2) is 0 Å². The Hall–Kier alpha value is -2.62. The van der Waals surface area contributed by atoms with Crippen LogP contribution in [0.2, 0.25) is 0 Å². The summed E-state index contributed by atoms with van der Waals surface area (Å²) in [6, 6.07) is 15.1. The van der Waals surface area contributed by atoms with Crippen molar-refractivity contribution in [2.45, 2.75) is 20.3 Å². The molecule has 1 heterocycles. The number of carbonyl (C=O) groups is 2. The minimum absolute atomic E-state index is 0.0319. The van der Waals surface area contributed by atoms with E-state index in [9.17, 15) is 9.59 Å². The van der Waals surface area contributed by atoms with E-state index in [1.165, 1.54) is 5.56 Å². The van der Waals surface area contributed by atoms with Gasteiger partial charge in [-0.2, -0.15) is 0 Å². The minimum Gasteiger partial charge on any atom is -0.326 e. The molecular formula is C19H20N2O2. The van der Waals surface area contributed by atoms with Gasteiger partial charge < -0.3 is 10.2 Å². The number of nitrogens with one attached hydrogen (secondary N) is 1. The lowest BCUT2D eigenvalue weighted by atomic mass is 10.1. The third-order valence-electron chi connectivity index (χ3n) is 4.03. The Morgan fingerprint density at radius 1 is 1.09 bits per heavy atom. The molecule has 1 N–H and O–H groups in total. The summed E-state index contributed by atoms with van der Waals surface area (Å²) in [4.78, 5) is 26.4. The van der Waals surface area contributed by atoms with E-state index in [2.05, 4.69) is 11.4 Å². The molecule has 2 aromatic carbocycles. The summed E-state index contributed by atoms with van der Waals surface area (Å²) >= 11 is 0. The number of benzene rings is 2. The van der Waals surface area contributed by atoms with E-state index in [0.717, 1.165) is 12.1 Å². The summed E-state index contributed by atoms with van der Waals surface area (Å²) in [7, 11) is 0. The summed E-state index contributed by atoms with van der Waals surface area (Å²) in [5.74, 6) is -0.184. The van der Waals surface area contributed by atoms with Crippen molar-refractivity contribution in [1.29, 1.82) is 0 Å². The Balaban J connectivity index is 1.82. The number of fused-ring (bicyclic) bond motifs is 1. The number of para-hydroxylation sites is 1. The second-order valence-corrected chi connectivity index (χ2v) is 6.06. The number of amides is 2. The molecule has 0 fully saturated rings. The molecule has 0 saturated heterocycles. The Bertz CT molecular complexity index is 753. The van der Waals surface area contributed by atoms with Gasteiger partial charge in [-0.25, -0.2) is 0 Å². The van der Waals surface area contributed by atoms with E-state index in [1.54, 1.807) is 29.2 Å². The minimum atomic E-state index is -0.0974. The molecule has 0 saturated carbocycles. The van der Waals surface area contributed by atoms with Crippen LogP contribution in [0.1, 0.15) is 29.8 Å². The first-order chi connectivity index (χ1) is 11.1. The Kier molecular flexibility index (Phi) is 4.15. The van der Waals surface area contributed by atoms with E-state index in [4.69, 9.17) is 0 Å². The first-order valence-electron chi connectivity index (χ1n) is 7.87. The van der Waals surface area contributed by atoms with E-state index in [1.807, 2.05) is 32.0 Å². The smallest absolute Gasteiger partial charge is 0.258 e. The summed E-state index contributed by atoms with van der Waals surface area (Å²) in [6.45, 7) is 4.37. The second-order valence-electron chi connectivity index (χ2n) is 6.06. The highest BCUT2D eigenvalue weighted by atomic mass is 16.2. The van der Waals surface area contributed by atoms with Gasteiger partial charge in [0.25, 0.3) is 5.91 Å². The Morgan fingerprint density at radius 3 is 2.65 bits per heavy atom. The number of hydrogen-bond donors (Lipinski definition) is 1. The van der Waals surface area contributed by atoms with E-state index < -0.39 is 0 Å². The van der Waals surface area contributed by atoms with Crippen molar-refractivity contribution in [3.8, 4) is 0 Å². The van der Waals surface area contributed by atoms with E-state index in [-0.39, 0.29) is 17.7 Å². The molecule has 0 aliphatic carbocycles. The predicted molar refractivity (Wildman–Crippen MR) is 91.7 cm³/mol. The predicted octanol–water partition coefficient (Wildman–Crippen LogP) is 3.48. The first-order valence-corrected chi connectivity index (χ1v) is 7.87. The molecule has 118 valence electrons. The fraction of sp³-hybridized carbons (Fsp3) is 0.263. The van der Waals surface area contributed by atoms with Crippen LogP contribution < -0.4 is 10.2 Å². The van der Waals surface area contributed by atoms with Crippen LogP contribution in [-0.4, -0.2) is 18.4 Å². The van der Waals surface area contributed by atoms with Gasteiger partial charge in [0.1, 0.15) is 0 Å². The van der Waals surface area contributed by atoms with Gasteiger partial charge in [0.2, 0.25) is 5.91 Å². The van der Waals surface area contributed by atoms with Crippen molar-refractivity contribution >= 4 is 23.2 Å². The lowest BCUT2D eigenvalue weighted by Gasteiger charge is -2.18. The molecule has 3 rings (SSSR count). The summed E-state index contributed by atoms with van der Waals surface area (Å²) in [5.41, 5.74) is 3.42. The van der Waals surface area contributed by atoms with Gasteiger partial charge in [-0.1, -0.05) is 38.1 Å². The lowest BCUT2D eigenvalue weighted by molar-refractivity contribution is -0.118. The topological polar surface area (TPSA) is 49.4 Å². The maximum absolute atomic E-state index is 12.8. The van der Waals surface area contributed by atoms with Crippen LogP contribution in [0.5, 0.6) is 0 Å². The van der Waals surface area contributed by atoms with Crippen LogP contribution in [0, 0.1) is 5.92 Å². The van der Waals surface area contributed by atoms with Gasteiger partial charge in [-0.05, 0) is 36.2 Å². The van der Waals surface area contributed by atoms with Crippen LogP contribution in [0.25, 0.3) is 0 Å². The third kappa shape index (κ3) is 3.11. The fourth-order valence-corrected chi connectivity index (χ4v) is 2.72. The summed E-state index contributed by atoms with van der Waals surface area (Å²) < 4.78 is 0. The number of anilines is 2. The average molecular weight is 308 g/mol. The second kappa shape index (κ2) is 6.24. The summed E-state index contributed by atoms with van der Waals surface area (Å²) in [6.07, 6.45) is 0.881. The maximum atomic E-state index is 12.8. The van der Waals surface area contributed by atoms with E-state index >= 15 is 0 Å². The zero-order valence-electron chi connectivity index (χ0n) is 13.4. The fourth-order valence-electron chi connectivity index (χ4n) is 2.72. The normalized spacial score (nSPS) is 13.1. The van der Waals surface area contributed by atoms with Gasteiger partial charge in [-0.15, -0.1) is 0 Å². The molecule has 1 aliphatic heterocycles. The van der Waals surface area contributed by atoms with Gasteiger partial charge >= 0.3 is 0 Å². The lowest BCUT2D eigenvalue weighted by Crippen LogP contribution is -2.29. The van der Waals surface area contributed by atoms with Gasteiger partial charge in [-0.3, -0.25) is 9.59 Å². The molecule has 0 spiro atoms. The Labute approximate surface area is 136 Å². The van der Waals surface area contributed by atoms with Crippen LogP contribution in [-0.2, 0) is 11.2 Å². The molecule has 0 aromatic heterocycles. The zero-order valence-corrected chi connectivity index (χ0v) is 13.4. The number of rotatable bonds is 3. The first kappa shape index (κ1) is 15.3. The molecule has 2 amide bonds. The molecule has 0 radical (unpaired) electrons. The van der Waals surface area contributed by atoms with Crippen molar-refractivity contribution in [1.82, 2.24) is 0 Å². The standard InChI is InChI=1S/C19H20N2O2/c1-13(2)18(22)20-16-8-5-7-15(12-16)19(23)21-11-10-14-6-3-4-9-17(14)21/h3-9,12-13H,10-11H2,1-2H3,(H,20,22). The highest BCUT2D eigenvalue weighted by Gasteiger charge is 2.25. The molecule has 4 heteroatoms. The largest absolute Gasteiger partial charge is 0.326 e. The van der Waals surface area contributed by atoms with Crippen LogP contribution in [0.3, 0.4) is 0 Å². The molecule has 1 aliphatic rings. The Morgan fingerprint density at radius 2 is 1.87 bits per heavy atom. The SMILES string of the molecule is CC(C)C(=O)Nc1cccc(C(=O)N2CCc3ccccc32)c1. The van der Waals surface area contributed by atoms with E-state index in [0.29, 0.717) is 17.8 Å². The molecule has 2 aromatic rings. The van der Waals surface area contributed by atoms with Crippen molar-refractivity contribution in [2.24, 2.45) is 5.92 Å². The van der Waals surface area contributed by atoms with Gasteiger partial charge in [0.05, 0.1) is 0 Å². The number of nitrogens with zero attached hydrogens (tertiary/aromatic N) is 1. The molecule has 0 bridgehead atoms. The van der Waals surface area contributed by atoms with Crippen molar-refractivity contribution in [3.05, 3.63) is 59.7 Å². The van der Waals surface area contributed by atoms with Crippen LogP contribution in [0.15, 0.2) is 48.5 Å². The zero-order chi connectivity index (χ0) is 16.4. The highest BCUT2D eigenvalue weighted by molar-refractivity contribution is 6.08. The molecule has 23 heavy (non-hydrogen) atoms. The number of carbonyl (C=O) groups excluding carboxylic acids is 2. The van der Waals surface area contributed by atoms with Crippen LogP contribution >= 0.6 is 0 Å². The quantitative estimate of drug-likeness (QED) is 0.943. The van der Waals surface area contributed by atoms with Crippen molar-refractivity contribution in [2.75, 3.05) is 16.8 Å². The molecule has 0 unspecified atom stereocenters. The monoisotopic (exact) mass is 308 g/mol. The summed E-state index contributed by atoms with van der Waals surface area (Å²) in [5, 5.41) is 2.84. The number of hydrogen-bond acceptors (Lipinski definition) is 2. The highest BCUT2D eigenvalue weighted by Crippen LogP contribution is 2.29. The molecule has 4 nitrogen and oxygen atoms in total. The van der Waals surface area contributed by atoms with Crippen molar-refractivity contribution in [3.63, 3.8) is 0 Å². The maximum Gasteiger partial charge on any atom is 0.258 e.